The molecular weight excluding hydrogens is 270 g/mol. The van der Waals surface area contributed by atoms with Gasteiger partial charge < -0.3 is 21.5 Å². The fourth-order valence-corrected chi connectivity index (χ4v) is 1.96. The molecule has 21 heavy (non-hydrogen) atoms. The first-order valence-electron chi connectivity index (χ1n) is 7.12. The Bertz CT molecular complexity index is 477. The second-order valence-corrected chi connectivity index (χ2v) is 4.75. The molecule has 1 aromatic carbocycles. The summed E-state index contributed by atoms with van der Waals surface area (Å²) in [5.41, 5.74) is 7.11. The minimum Gasteiger partial charge on any atom is -0.480 e. The molecule has 1 aromatic rings. The molecule has 0 unspecified atom stereocenters. The molecule has 6 nitrogen and oxygen atoms in total. The average molecular weight is 293 g/mol. The SMILES string of the molecule is CCc1ccccc1NC(=O)C[C@H](NCCCN)C(=O)O. The second-order valence-electron chi connectivity index (χ2n) is 4.75. The van der Waals surface area contributed by atoms with Crippen LogP contribution in [0.25, 0.3) is 0 Å². The van der Waals surface area contributed by atoms with E-state index < -0.39 is 12.0 Å². The van der Waals surface area contributed by atoms with Gasteiger partial charge in [0.15, 0.2) is 0 Å². The second kappa shape index (κ2) is 9.10. The number of hydrogen-bond donors (Lipinski definition) is 4. The predicted molar refractivity (Wildman–Crippen MR) is 82.2 cm³/mol. The largest absolute Gasteiger partial charge is 0.480 e. The number of aliphatic carboxylic acids is 1. The van der Waals surface area contributed by atoms with Crippen LogP contribution in [0.3, 0.4) is 0 Å². The van der Waals surface area contributed by atoms with Gasteiger partial charge in [-0.2, -0.15) is 0 Å². The topological polar surface area (TPSA) is 104 Å². The van der Waals surface area contributed by atoms with E-state index in [2.05, 4.69) is 10.6 Å². The van der Waals surface area contributed by atoms with E-state index >= 15 is 0 Å². The van der Waals surface area contributed by atoms with E-state index in [9.17, 15) is 9.59 Å². The highest BCUT2D eigenvalue weighted by molar-refractivity contribution is 5.94. The molecule has 1 rings (SSSR count). The van der Waals surface area contributed by atoms with E-state index in [-0.39, 0.29) is 12.3 Å². The molecule has 0 saturated carbocycles. The van der Waals surface area contributed by atoms with E-state index in [0.29, 0.717) is 19.5 Å². The van der Waals surface area contributed by atoms with Gasteiger partial charge in [0, 0.05) is 5.69 Å². The van der Waals surface area contributed by atoms with Gasteiger partial charge in [-0.05, 0) is 37.6 Å². The van der Waals surface area contributed by atoms with E-state index in [1.807, 2.05) is 31.2 Å². The average Bonchev–Trinajstić information content (AvgIpc) is 2.46. The molecule has 0 radical (unpaired) electrons. The molecule has 1 atom stereocenters. The molecule has 0 bridgehead atoms. The first-order valence-corrected chi connectivity index (χ1v) is 7.12. The highest BCUT2D eigenvalue weighted by atomic mass is 16.4. The zero-order valence-corrected chi connectivity index (χ0v) is 12.3. The van der Waals surface area contributed by atoms with E-state index in [0.717, 1.165) is 17.7 Å². The highest BCUT2D eigenvalue weighted by Crippen LogP contribution is 2.15. The number of aryl methyl sites for hydroxylation is 1. The monoisotopic (exact) mass is 293 g/mol. The van der Waals surface area contributed by atoms with Crippen molar-refractivity contribution in [3.63, 3.8) is 0 Å². The minimum atomic E-state index is -1.04. The van der Waals surface area contributed by atoms with Gasteiger partial charge in [-0.1, -0.05) is 25.1 Å². The molecule has 6 heteroatoms. The highest BCUT2D eigenvalue weighted by Gasteiger charge is 2.20. The van der Waals surface area contributed by atoms with E-state index in [1.54, 1.807) is 0 Å². The molecule has 0 aliphatic carbocycles. The maximum atomic E-state index is 12.0. The van der Waals surface area contributed by atoms with Crippen LogP contribution in [0.2, 0.25) is 0 Å². The normalized spacial score (nSPS) is 11.9. The lowest BCUT2D eigenvalue weighted by molar-refractivity contribution is -0.141. The number of nitrogens with two attached hydrogens (primary N) is 1. The van der Waals surface area contributed by atoms with Crippen LogP contribution in [0.15, 0.2) is 24.3 Å². The minimum absolute atomic E-state index is 0.113. The Morgan fingerprint density at radius 3 is 2.67 bits per heavy atom. The fraction of sp³-hybridized carbons (Fsp3) is 0.467. The molecule has 0 aliphatic heterocycles. The van der Waals surface area contributed by atoms with E-state index in [4.69, 9.17) is 10.8 Å². The van der Waals surface area contributed by atoms with Crippen molar-refractivity contribution < 1.29 is 14.7 Å². The molecule has 0 saturated heterocycles. The molecule has 0 heterocycles. The molecule has 5 N–H and O–H groups in total. The van der Waals surface area contributed by atoms with Crippen LogP contribution < -0.4 is 16.4 Å². The quantitative estimate of drug-likeness (QED) is 0.508. The molecule has 116 valence electrons. The van der Waals surface area contributed by atoms with Crippen molar-refractivity contribution in [2.24, 2.45) is 5.73 Å². The van der Waals surface area contributed by atoms with Crippen LogP contribution >= 0.6 is 0 Å². The fourth-order valence-electron chi connectivity index (χ4n) is 1.96. The Morgan fingerprint density at radius 1 is 1.33 bits per heavy atom. The number of carboxylic acid groups (broad SMARTS) is 1. The Hall–Kier alpha value is -1.92. The summed E-state index contributed by atoms with van der Waals surface area (Å²) in [6, 6.07) is 6.59. The van der Waals surface area contributed by atoms with Gasteiger partial charge in [-0.15, -0.1) is 0 Å². The Balaban J connectivity index is 2.59. The predicted octanol–water partition coefficient (Wildman–Crippen LogP) is 0.969. The standard InChI is InChI=1S/C15H23N3O3/c1-2-11-6-3-4-7-12(11)18-14(19)10-13(15(20)21)17-9-5-8-16/h3-4,6-7,13,17H,2,5,8-10,16H2,1H3,(H,18,19)(H,20,21)/t13-/m0/s1. The van der Waals surface area contributed by atoms with Gasteiger partial charge in [0.05, 0.1) is 6.42 Å². The van der Waals surface area contributed by atoms with Gasteiger partial charge in [0.25, 0.3) is 0 Å². The summed E-state index contributed by atoms with van der Waals surface area (Å²) in [6.07, 6.45) is 1.36. The number of rotatable bonds is 9. The van der Waals surface area contributed by atoms with Gasteiger partial charge in [-0.3, -0.25) is 9.59 Å². The lowest BCUT2D eigenvalue weighted by Crippen LogP contribution is -2.40. The summed E-state index contributed by atoms with van der Waals surface area (Å²) < 4.78 is 0. The number of amides is 1. The first kappa shape index (κ1) is 17.1. The number of anilines is 1. The number of benzene rings is 1. The third-order valence-electron chi connectivity index (χ3n) is 3.13. The summed E-state index contributed by atoms with van der Waals surface area (Å²) in [6.45, 7) is 2.96. The zero-order chi connectivity index (χ0) is 15.7. The van der Waals surface area contributed by atoms with Crippen LogP contribution in [0, 0.1) is 0 Å². The summed E-state index contributed by atoms with van der Waals surface area (Å²) in [5, 5.41) is 14.7. The van der Waals surface area contributed by atoms with Gasteiger partial charge >= 0.3 is 5.97 Å². The lowest BCUT2D eigenvalue weighted by Gasteiger charge is -2.15. The molecule has 0 aromatic heterocycles. The summed E-state index contributed by atoms with van der Waals surface area (Å²) in [5.74, 6) is -1.35. The number of hydrogen-bond acceptors (Lipinski definition) is 4. The van der Waals surface area contributed by atoms with Crippen LogP contribution in [0.4, 0.5) is 5.69 Å². The lowest BCUT2D eigenvalue weighted by atomic mass is 10.1. The van der Waals surface area contributed by atoms with Crippen molar-refractivity contribution in [3.05, 3.63) is 29.8 Å². The first-order chi connectivity index (χ1) is 10.1. The summed E-state index contributed by atoms with van der Waals surface area (Å²) in [7, 11) is 0. The molecule has 0 aliphatic rings. The number of carbonyl (C=O) groups excluding carboxylic acids is 1. The summed E-state index contributed by atoms with van der Waals surface area (Å²) >= 11 is 0. The van der Waals surface area contributed by atoms with Gasteiger partial charge in [-0.25, -0.2) is 0 Å². The number of carboxylic acids is 1. The van der Waals surface area contributed by atoms with Gasteiger partial charge in [0.2, 0.25) is 5.91 Å². The van der Waals surface area contributed by atoms with Crippen LogP contribution in [0.1, 0.15) is 25.3 Å². The van der Waals surface area contributed by atoms with Crippen molar-refractivity contribution in [1.29, 1.82) is 0 Å². The van der Waals surface area contributed by atoms with Crippen LogP contribution in [-0.4, -0.2) is 36.1 Å². The number of nitrogens with one attached hydrogen (secondary N) is 2. The number of carbonyl (C=O) groups is 2. The van der Waals surface area contributed by atoms with Crippen molar-refractivity contribution in [2.45, 2.75) is 32.2 Å². The van der Waals surface area contributed by atoms with Crippen molar-refractivity contribution >= 4 is 17.6 Å². The molecule has 1 amide bonds. The number of para-hydroxylation sites is 1. The maximum Gasteiger partial charge on any atom is 0.321 e. The Kier molecular flexibility index (Phi) is 7.42. The maximum absolute atomic E-state index is 12.0. The third kappa shape index (κ3) is 5.93. The van der Waals surface area contributed by atoms with Crippen LogP contribution in [0.5, 0.6) is 0 Å². The van der Waals surface area contributed by atoms with Gasteiger partial charge in [0.1, 0.15) is 6.04 Å². The smallest absolute Gasteiger partial charge is 0.321 e. The van der Waals surface area contributed by atoms with E-state index in [1.165, 1.54) is 0 Å². The molecular formula is C15H23N3O3. The van der Waals surface area contributed by atoms with Crippen molar-refractivity contribution in [3.8, 4) is 0 Å². The summed E-state index contributed by atoms with van der Waals surface area (Å²) in [4.78, 5) is 23.1. The van der Waals surface area contributed by atoms with Crippen LogP contribution in [-0.2, 0) is 16.0 Å². The molecule has 0 fully saturated rings. The third-order valence-corrected chi connectivity index (χ3v) is 3.13. The zero-order valence-electron chi connectivity index (χ0n) is 12.3. The molecule has 0 spiro atoms. The Morgan fingerprint density at radius 2 is 2.05 bits per heavy atom. The van der Waals surface area contributed by atoms with Crippen molar-refractivity contribution in [1.82, 2.24) is 5.32 Å². The Labute approximate surface area is 124 Å². The van der Waals surface area contributed by atoms with Crippen molar-refractivity contribution in [2.75, 3.05) is 18.4 Å².